The van der Waals surface area contributed by atoms with Gasteiger partial charge in [-0.2, -0.15) is 0 Å². The maximum absolute atomic E-state index is 12.3. The minimum Gasteiger partial charge on any atom is -0.449 e. The Morgan fingerprint density at radius 1 is 1.00 bits per heavy atom. The lowest BCUT2D eigenvalue weighted by atomic mass is 10.1. The number of ether oxygens (including phenoxy) is 2. The first-order valence-electron chi connectivity index (χ1n) is 10.3. The molecule has 0 aromatic heterocycles. The van der Waals surface area contributed by atoms with Crippen molar-refractivity contribution in [1.29, 1.82) is 0 Å². The first kappa shape index (κ1) is 22.5. The number of morpholine rings is 1. The van der Waals surface area contributed by atoms with Crippen molar-refractivity contribution in [2.75, 3.05) is 26.3 Å². The van der Waals surface area contributed by atoms with Crippen LogP contribution in [0.25, 0.3) is 0 Å². The molecule has 1 fully saturated rings. The van der Waals surface area contributed by atoms with E-state index in [1.54, 1.807) is 12.1 Å². The van der Waals surface area contributed by atoms with Crippen LogP contribution >= 0.6 is 0 Å². The lowest BCUT2D eigenvalue weighted by Gasteiger charge is -2.23. The number of hydrogen-bond acceptors (Lipinski definition) is 5. The molecule has 1 heterocycles. The Morgan fingerprint density at radius 3 is 2.35 bits per heavy atom. The van der Waals surface area contributed by atoms with Crippen molar-refractivity contribution >= 4 is 17.9 Å². The Balaban J connectivity index is 1.43. The Hall–Kier alpha value is -3.23. The van der Waals surface area contributed by atoms with E-state index in [1.807, 2.05) is 42.5 Å². The van der Waals surface area contributed by atoms with Gasteiger partial charge in [-0.1, -0.05) is 42.5 Å². The van der Waals surface area contributed by atoms with Crippen LogP contribution in [0.3, 0.4) is 0 Å². The van der Waals surface area contributed by atoms with Gasteiger partial charge in [-0.15, -0.1) is 0 Å². The summed E-state index contributed by atoms with van der Waals surface area (Å²) in [6.07, 6.45) is -1.10. The fourth-order valence-electron chi connectivity index (χ4n) is 3.20. The number of quaternary nitrogens is 1. The summed E-state index contributed by atoms with van der Waals surface area (Å²) in [5, 5.41) is 4.77. The third kappa shape index (κ3) is 7.20. The highest BCUT2D eigenvalue weighted by atomic mass is 16.5. The Labute approximate surface area is 181 Å². The van der Waals surface area contributed by atoms with E-state index in [2.05, 4.69) is 10.6 Å². The van der Waals surface area contributed by atoms with Crippen molar-refractivity contribution in [3.63, 3.8) is 0 Å². The van der Waals surface area contributed by atoms with Crippen LogP contribution in [-0.2, 0) is 27.4 Å². The van der Waals surface area contributed by atoms with E-state index in [1.165, 1.54) is 11.8 Å². The van der Waals surface area contributed by atoms with Crippen molar-refractivity contribution in [2.24, 2.45) is 0 Å². The molecule has 2 aromatic rings. The molecule has 164 valence electrons. The van der Waals surface area contributed by atoms with E-state index in [0.29, 0.717) is 5.56 Å². The number of hydrogen-bond donors (Lipinski definition) is 3. The van der Waals surface area contributed by atoms with Crippen molar-refractivity contribution in [1.82, 2.24) is 10.6 Å². The third-order valence-corrected chi connectivity index (χ3v) is 5.03. The predicted octanol–water partition coefficient (Wildman–Crippen LogP) is 0.673. The molecule has 3 N–H and O–H groups in total. The molecule has 3 rings (SSSR count). The molecular weight excluding hydrogens is 398 g/mol. The first-order chi connectivity index (χ1) is 15.0. The lowest BCUT2D eigenvalue weighted by molar-refractivity contribution is -0.921. The normalized spacial score (nSPS) is 15.0. The van der Waals surface area contributed by atoms with E-state index < -0.39 is 24.0 Å². The van der Waals surface area contributed by atoms with Gasteiger partial charge in [0.15, 0.2) is 6.10 Å². The molecule has 1 aliphatic heterocycles. The zero-order chi connectivity index (χ0) is 22.1. The summed E-state index contributed by atoms with van der Waals surface area (Å²) in [5.74, 6) is -1.30. The van der Waals surface area contributed by atoms with Gasteiger partial charge in [-0.25, -0.2) is 9.59 Å². The van der Waals surface area contributed by atoms with Gasteiger partial charge in [-0.05, 0) is 24.6 Å². The van der Waals surface area contributed by atoms with Gasteiger partial charge in [0.1, 0.15) is 19.6 Å². The predicted molar refractivity (Wildman–Crippen MR) is 113 cm³/mol. The summed E-state index contributed by atoms with van der Waals surface area (Å²) in [4.78, 5) is 37.8. The van der Waals surface area contributed by atoms with E-state index >= 15 is 0 Å². The van der Waals surface area contributed by atoms with Gasteiger partial charge >= 0.3 is 12.0 Å². The SMILES string of the molecule is C[C@@H](OC(=O)c1ccc(C[NH+]2CCOCC2)cc1)C(=O)NC(=O)NCc1ccccc1. The second kappa shape index (κ2) is 11.2. The van der Waals surface area contributed by atoms with Gasteiger partial charge < -0.3 is 19.7 Å². The first-order valence-corrected chi connectivity index (χ1v) is 10.3. The minimum absolute atomic E-state index is 0.284. The van der Waals surface area contributed by atoms with Gasteiger partial charge in [0.05, 0.1) is 18.8 Å². The molecule has 0 spiro atoms. The van der Waals surface area contributed by atoms with Crippen molar-refractivity contribution in [2.45, 2.75) is 26.1 Å². The molecule has 2 aromatic carbocycles. The van der Waals surface area contributed by atoms with Crippen LogP contribution in [0.4, 0.5) is 4.79 Å². The summed E-state index contributed by atoms with van der Waals surface area (Å²) in [7, 11) is 0. The zero-order valence-electron chi connectivity index (χ0n) is 17.6. The van der Waals surface area contributed by atoms with Crippen LogP contribution in [0, 0.1) is 0 Å². The smallest absolute Gasteiger partial charge is 0.338 e. The summed E-state index contributed by atoms with van der Waals surface area (Å²) < 4.78 is 10.6. The summed E-state index contributed by atoms with van der Waals surface area (Å²) in [5.41, 5.74) is 2.38. The number of esters is 1. The maximum Gasteiger partial charge on any atom is 0.338 e. The van der Waals surface area contributed by atoms with Crippen molar-refractivity contribution < 1.29 is 28.8 Å². The van der Waals surface area contributed by atoms with Crippen LogP contribution < -0.4 is 15.5 Å². The fourth-order valence-corrected chi connectivity index (χ4v) is 3.20. The summed E-state index contributed by atoms with van der Waals surface area (Å²) in [6, 6.07) is 15.8. The van der Waals surface area contributed by atoms with Gasteiger partial charge in [0.2, 0.25) is 0 Å². The fraction of sp³-hybridized carbons (Fsp3) is 0.348. The number of carbonyl (C=O) groups is 3. The number of amides is 3. The number of nitrogens with one attached hydrogen (secondary N) is 3. The number of urea groups is 1. The highest BCUT2D eigenvalue weighted by molar-refractivity contribution is 5.98. The number of benzene rings is 2. The Morgan fingerprint density at radius 2 is 1.68 bits per heavy atom. The van der Waals surface area contributed by atoms with E-state index in [0.717, 1.165) is 44.0 Å². The van der Waals surface area contributed by atoms with Crippen LogP contribution in [-0.4, -0.2) is 50.3 Å². The van der Waals surface area contributed by atoms with Crippen molar-refractivity contribution in [3.05, 3.63) is 71.3 Å². The summed E-state index contributed by atoms with van der Waals surface area (Å²) in [6.45, 7) is 6.05. The number of imide groups is 1. The van der Waals surface area contributed by atoms with Gasteiger partial charge in [-0.3, -0.25) is 10.1 Å². The molecule has 1 aliphatic rings. The second-order valence-electron chi connectivity index (χ2n) is 7.44. The zero-order valence-corrected chi connectivity index (χ0v) is 17.6. The van der Waals surface area contributed by atoms with Gasteiger partial charge in [0, 0.05) is 12.1 Å². The molecule has 0 unspecified atom stereocenters. The quantitative estimate of drug-likeness (QED) is 0.566. The number of rotatable bonds is 7. The van der Waals surface area contributed by atoms with E-state index in [9.17, 15) is 14.4 Å². The molecule has 1 atom stereocenters. The van der Waals surface area contributed by atoms with Crippen LogP contribution in [0.5, 0.6) is 0 Å². The largest absolute Gasteiger partial charge is 0.449 e. The minimum atomic E-state index is -1.10. The Kier molecular flexibility index (Phi) is 8.14. The molecule has 0 saturated carbocycles. The standard InChI is InChI=1S/C23H27N3O5/c1-17(21(27)25-23(29)24-15-18-5-3-2-4-6-18)31-22(28)20-9-7-19(8-10-20)16-26-11-13-30-14-12-26/h2-10,17H,11-16H2,1H3,(H2,24,25,27,29)/p+1/t17-/m1/s1. The Bertz CT molecular complexity index is 880. The van der Waals surface area contributed by atoms with Crippen LogP contribution in [0.2, 0.25) is 0 Å². The third-order valence-electron chi connectivity index (χ3n) is 5.03. The number of carbonyl (C=O) groups excluding carboxylic acids is 3. The molecule has 1 saturated heterocycles. The average molecular weight is 426 g/mol. The molecule has 3 amide bonds. The van der Waals surface area contributed by atoms with E-state index in [4.69, 9.17) is 9.47 Å². The lowest BCUT2D eigenvalue weighted by Crippen LogP contribution is -3.12. The van der Waals surface area contributed by atoms with E-state index in [-0.39, 0.29) is 6.54 Å². The summed E-state index contributed by atoms with van der Waals surface area (Å²) >= 11 is 0. The average Bonchev–Trinajstić information content (AvgIpc) is 2.79. The molecule has 8 nitrogen and oxygen atoms in total. The monoisotopic (exact) mass is 426 g/mol. The molecule has 0 bridgehead atoms. The maximum atomic E-state index is 12.3. The highest BCUT2D eigenvalue weighted by Gasteiger charge is 2.21. The molecule has 0 aliphatic carbocycles. The van der Waals surface area contributed by atoms with Crippen LogP contribution in [0.15, 0.2) is 54.6 Å². The topological polar surface area (TPSA) is 98.2 Å². The van der Waals surface area contributed by atoms with Gasteiger partial charge in [0.25, 0.3) is 5.91 Å². The molecule has 8 heteroatoms. The molecule has 31 heavy (non-hydrogen) atoms. The molecule has 0 radical (unpaired) electrons. The second-order valence-corrected chi connectivity index (χ2v) is 7.44. The van der Waals surface area contributed by atoms with Crippen LogP contribution in [0.1, 0.15) is 28.4 Å². The highest BCUT2D eigenvalue weighted by Crippen LogP contribution is 2.07. The molecular formula is C23H28N3O5+. The van der Waals surface area contributed by atoms with Crippen molar-refractivity contribution in [3.8, 4) is 0 Å².